The molecule has 1 aliphatic carbocycles. The van der Waals surface area contributed by atoms with Crippen molar-refractivity contribution in [3.8, 4) is 0 Å². The summed E-state index contributed by atoms with van der Waals surface area (Å²) in [6, 6.07) is 0. The van der Waals surface area contributed by atoms with E-state index in [0.29, 0.717) is 6.54 Å². The van der Waals surface area contributed by atoms with Gasteiger partial charge in [0.1, 0.15) is 0 Å². The van der Waals surface area contributed by atoms with Gasteiger partial charge >= 0.3 is 0 Å². The fourth-order valence-electron chi connectivity index (χ4n) is 2.17. The number of thioether (sulfide) groups is 1. The van der Waals surface area contributed by atoms with Gasteiger partial charge in [-0.05, 0) is 43.6 Å². The first-order valence-corrected chi connectivity index (χ1v) is 6.99. The Morgan fingerprint density at radius 1 is 1.38 bits per heavy atom. The van der Waals surface area contributed by atoms with E-state index in [1.165, 1.54) is 6.42 Å². The molecule has 1 saturated carbocycles. The topological polar surface area (TPSA) is 55.1 Å². The van der Waals surface area contributed by atoms with Crippen molar-refractivity contribution in [3.63, 3.8) is 0 Å². The Hall–Kier alpha value is 0.0700. The standard InChI is InChI=1S/C11H20N2OS.ClH/c12-11(4-1-5-11)8-13-10(14)9-2-6-15-7-3-9;/h9H,1-8,12H2,(H,13,14);1H. The van der Waals surface area contributed by atoms with Crippen molar-refractivity contribution in [1.82, 2.24) is 5.32 Å². The average Bonchev–Trinajstić information content (AvgIpc) is 2.24. The Balaban J connectivity index is 0.00000128. The summed E-state index contributed by atoms with van der Waals surface area (Å²) < 4.78 is 0. The molecule has 0 aromatic heterocycles. The molecule has 0 atom stereocenters. The lowest BCUT2D eigenvalue weighted by atomic mass is 9.77. The first kappa shape index (κ1) is 14.1. The summed E-state index contributed by atoms with van der Waals surface area (Å²) >= 11 is 1.95. The Morgan fingerprint density at radius 2 is 2.00 bits per heavy atom. The third-order valence-corrected chi connectivity index (χ3v) is 4.60. The summed E-state index contributed by atoms with van der Waals surface area (Å²) in [5, 5.41) is 3.02. The van der Waals surface area contributed by atoms with Crippen molar-refractivity contribution in [2.24, 2.45) is 11.7 Å². The first-order valence-electron chi connectivity index (χ1n) is 5.84. The summed E-state index contributed by atoms with van der Waals surface area (Å²) in [6.07, 6.45) is 5.41. The number of carbonyl (C=O) groups is 1. The van der Waals surface area contributed by atoms with Gasteiger partial charge in [-0.15, -0.1) is 12.4 Å². The fourth-order valence-corrected chi connectivity index (χ4v) is 3.28. The number of rotatable bonds is 3. The van der Waals surface area contributed by atoms with Gasteiger partial charge < -0.3 is 11.1 Å². The first-order chi connectivity index (χ1) is 7.20. The fraction of sp³-hybridized carbons (Fsp3) is 0.909. The number of halogens is 1. The van der Waals surface area contributed by atoms with Crippen LogP contribution >= 0.6 is 24.2 Å². The average molecular weight is 265 g/mol. The largest absolute Gasteiger partial charge is 0.354 e. The highest BCUT2D eigenvalue weighted by Crippen LogP contribution is 2.28. The molecule has 1 saturated heterocycles. The van der Waals surface area contributed by atoms with Crippen molar-refractivity contribution in [2.45, 2.75) is 37.6 Å². The van der Waals surface area contributed by atoms with Crippen LogP contribution in [-0.2, 0) is 4.79 Å². The van der Waals surface area contributed by atoms with E-state index in [2.05, 4.69) is 5.32 Å². The maximum atomic E-state index is 11.8. The highest BCUT2D eigenvalue weighted by atomic mass is 35.5. The molecule has 0 aromatic carbocycles. The van der Waals surface area contributed by atoms with E-state index in [4.69, 9.17) is 5.73 Å². The van der Waals surface area contributed by atoms with Crippen LogP contribution in [0.15, 0.2) is 0 Å². The van der Waals surface area contributed by atoms with E-state index in [0.717, 1.165) is 37.2 Å². The molecule has 0 radical (unpaired) electrons. The molecule has 2 aliphatic rings. The maximum absolute atomic E-state index is 11.8. The van der Waals surface area contributed by atoms with Crippen LogP contribution < -0.4 is 11.1 Å². The predicted octanol–water partition coefficient (Wildman–Crippen LogP) is 1.55. The lowest BCUT2D eigenvalue weighted by Gasteiger charge is -2.38. The number of hydrogen-bond acceptors (Lipinski definition) is 3. The van der Waals surface area contributed by atoms with E-state index in [1.807, 2.05) is 11.8 Å². The molecule has 0 aromatic rings. The zero-order chi connectivity index (χ0) is 10.7. The monoisotopic (exact) mass is 264 g/mol. The smallest absolute Gasteiger partial charge is 0.223 e. The molecule has 2 fully saturated rings. The van der Waals surface area contributed by atoms with E-state index < -0.39 is 0 Å². The van der Waals surface area contributed by atoms with Gasteiger partial charge in [-0.3, -0.25) is 4.79 Å². The molecule has 3 nitrogen and oxygen atoms in total. The molecule has 0 unspecified atom stereocenters. The second-order valence-corrected chi connectivity index (χ2v) is 6.05. The van der Waals surface area contributed by atoms with E-state index in [9.17, 15) is 4.79 Å². The van der Waals surface area contributed by atoms with Gasteiger partial charge in [-0.25, -0.2) is 0 Å². The third-order valence-electron chi connectivity index (χ3n) is 3.56. The third kappa shape index (κ3) is 3.54. The minimum absolute atomic E-state index is 0. The molecular weight excluding hydrogens is 244 g/mol. The summed E-state index contributed by atoms with van der Waals surface area (Å²) in [5.74, 6) is 2.74. The van der Waals surface area contributed by atoms with Crippen LogP contribution in [0, 0.1) is 5.92 Å². The molecule has 0 spiro atoms. The Labute approximate surface area is 108 Å². The Kier molecular flexibility index (Phi) is 5.41. The summed E-state index contributed by atoms with van der Waals surface area (Å²) in [5.41, 5.74) is 5.98. The van der Waals surface area contributed by atoms with Crippen LogP contribution in [0.2, 0.25) is 0 Å². The summed E-state index contributed by atoms with van der Waals surface area (Å²) in [6.45, 7) is 0.676. The highest BCUT2D eigenvalue weighted by molar-refractivity contribution is 7.99. The molecule has 1 aliphatic heterocycles. The van der Waals surface area contributed by atoms with Gasteiger partial charge in [0.05, 0.1) is 0 Å². The van der Waals surface area contributed by atoms with Crippen molar-refractivity contribution < 1.29 is 4.79 Å². The van der Waals surface area contributed by atoms with Crippen LogP contribution in [0.4, 0.5) is 0 Å². The number of nitrogens with two attached hydrogens (primary N) is 1. The molecule has 0 bridgehead atoms. The molecule has 16 heavy (non-hydrogen) atoms. The van der Waals surface area contributed by atoms with Crippen LogP contribution in [0.5, 0.6) is 0 Å². The van der Waals surface area contributed by atoms with Gasteiger partial charge in [-0.2, -0.15) is 11.8 Å². The van der Waals surface area contributed by atoms with Gasteiger partial charge in [0, 0.05) is 18.0 Å². The SMILES string of the molecule is Cl.NC1(CNC(=O)C2CCSCC2)CCC1. The predicted molar refractivity (Wildman–Crippen MR) is 71.1 cm³/mol. The maximum Gasteiger partial charge on any atom is 0.223 e. The molecule has 1 heterocycles. The zero-order valence-corrected chi connectivity index (χ0v) is 11.2. The minimum Gasteiger partial charge on any atom is -0.354 e. The minimum atomic E-state index is -0.0842. The van der Waals surface area contributed by atoms with Crippen molar-refractivity contribution in [3.05, 3.63) is 0 Å². The van der Waals surface area contributed by atoms with Crippen LogP contribution in [0.1, 0.15) is 32.1 Å². The van der Waals surface area contributed by atoms with Crippen molar-refractivity contribution in [1.29, 1.82) is 0 Å². The van der Waals surface area contributed by atoms with Crippen LogP contribution in [0.25, 0.3) is 0 Å². The summed E-state index contributed by atoms with van der Waals surface area (Å²) in [7, 11) is 0. The Morgan fingerprint density at radius 3 is 2.50 bits per heavy atom. The number of amides is 1. The molecule has 1 amide bonds. The van der Waals surface area contributed by atoms with E-state index in [-0.39, 0.29) is 29.8 Å². The molecule has 94 valence electrons. The lowest BCUT2D eigenvalue weighted by molar-refractivity contribution is -0.125. The van der Waals surface area contributed by atoms with E-state index >= 15 is 0 Å². The van der Waals surface area contributed by atoms with Gasteiger partial charge in [0.25, 0.3) is 0 Å². The quantitative estimate of drug-likeness (QED) is 0.813. The number of carbonyl (C=O) groups excluding carboxylic acids is 1. The van der Waals surface area contributed by atoms with Crippen molar-refractivity contribution in [2.75, 3.05) is 18.1 Å². The summed E-state index contributed by atoms with van der Waals surface area (Å²) in [4.78, 5) is 11.8. The second kappa shape index (κ2) is 6.12. The van der Waals surface area contributed by atoms with Gasteiger partial charge in [0.2, 0.25) is 5.91 Å². The normalized spacial score (nSPS) is 24.1. The molecule has 5 heteroatoms. The lowest BCUT2D eigenvalue weighted by Crippen LogP contribution is -2.55. The van der Waals surface area contributed by atoms with Crippen LogP contribution in [0.3, 0.4) is 0 Å². The molecular formula is C11H21ClN2OS. The van der Waals surface area contributed by atoms with Gasteiger partial charge in [0.15, 0.2) is 0 Å². The second-order valence-electron chi connectivity index (χ2n) is 4.82. The zero-order valence-electron chi connectivity index (χ0n) is 9.54. The number of nitrogens with one attached hydrogen (secondary N) is 1. The molecule has 2 rings (SSSR count). The Bertz CT molecular complexity index is 240. The highest BCUT2D eigenvalue weighted by Gasteiger charge is 2.33. The molecule has 3 N–H and O–H groups in total. The van der Waals surface area contributed by atoms with E-state index in [1.54, 1.807) is 0 Å². The van der Waals surface area contributed by atoms with Crippen molar-refractivity contribution >= 4 is 30.1 Å². The van der Waals surface area contributed by atoms with Crippen LogP contribution in [-0.4, -0.2) is 29.5 Å². The number of hydrogen-bond donors (Lipinski definition) is 2. The van der Waals surface area contributed by atoms with Gasteiger partial charge in [-0.1, -0.05) is 0 Å².